The minimum atomic E-state index is -0.560. The molecular formula is C13H5F2N4NaO2S. The van der Waals surface area contributed by atoms with Gasteiger partial charge in [0.2, 0.25) is 0 Å². The molecule has 0 fully saturated rings. The van der Waals surface area contributed by atoms with E-state index in [-0.39, 0.29) is 51.2 Å². The maximum Gasteiger partial charge on any atom is 1.00 e. The standard InChI is InChI=1S/C13H5F2N3S.HNO2.Na/c14-8-3-1-2-7(4-16)11(8)13-18-12-9(15)5-17-6-10(12)19-13;2-1-3;/h1-3,5-6H;(H,2,3);/q;;+1/p-1. The van der Waals surface area contributed by atoms with E-state index < -0.39 is 11.6 Å². The zero-order valence-corrected chi connectivity index (χ0v) is 14.5. The summed E-state index contributed by atoms with van der Waals surface area (Å²) in [6.45, 7) is 0. The minimum absolute atomic E-state index is 0. The third-order valence-corrected chi connectivity index (χ3v) is 3.61. The Balaban J connectivity index is 0.000000615. The molecule has 6 nitrogen and oxygen atoms in total. The van der Waals surface area contributed by atoms with Crippen LogP contribution in [-0.4, -0.2) is 9.97 Å². The second-order valence-electron chi connectivity index (χ2n) is 3.84. The van der Waals surface area contributed by atoms with Gasteiger partial charge in [-0.3, -0.25) is 4.98 Å². The molecule has 0 aliphatic rings. The van der Waals surface area contributed by atoms with Crippen LogP contribution in [0.5, 0.6) is 0 Å². The smallest absolute Gasteiger partial charge is 0.444 e. The van der Waals surface area contributed by atoms with Crippen LogP contribution in [-0.2, 0) is 0 Å². The van der Waals surface area contributed by atoms with Crippen molar-refractivity contribution in [3.05, 3.63) is 57.9 Å². The summed E-state index contributed by atoms with van der Waals surface area (Å²) in [4.78, 5) is 15.8. The first-order valence-corrected chi connectivity index (χ1v) is 6.48. The van der Waals surface area contributed by atoms with Crippen molar-refractivity contribution < 1.29 is 38.3 Å². The maximum atomic E-state index is 13.9. The summed E-state index contributed by atoms with van der Waals surface area (Å²) in [5, 5.41) is 18.3. The predicted octanol–water partition coefficient (Wildman–Crippen LogP) is 0.763. The molecule has 0 atom stereocenters. The molecule has 3 rings (SSSR count). The van der Waals surface area contributed by atoms with Crippen molar-refractivity contribution in [1.29, 1.82) is 5.26 Å². The van der Waals surface area contributed by atoms with Crippen molar-refractivity contribution in [2.24, 2.45) is 5.34 Å². The second-order valence-corrected chi connectivity index (χ2v) is 4.87. The average Bonchev–Trinajstić information content (AvgIpc) is 2.92. The van der Waals surface area contributed by atoms with Crippen molar-refractivity contribution in [1.82, 2.24) is 9.97 Å². The Morgan fingerprint density at radius 2 is 1.96 bits per heavy atom. The van der Waals surface area contributed by atoms with Crippen LogP contribution < -0.4 is 29.6 Å². The number of nitriles is 1. The average molecular weight is 342 g/mol. The zero-order valence-electron chi connectivity index (χ0n) is 11.7. The number of fused-ring (bicyclic) bond motifs is 1. The Kier molecular flexibility index (Phi) is 7.12. The second kappa shape index (κ2) is 8.59. The monoisotopic (exact) mass is 342 g/mol. The Labute approximate surface area is 154 Å². The number of hydrogen-bond donors (Lipinski definition) is 0. The number of benzene rings is 1. The molecule has 0 aliphatic heterocycles. The van der Waals surface area contributed by atoms with Gasteiger partial charge in [0.05, 0.1) is 28.1 Å². The summed E-state index contributed by atoms with van der Waals surface area (Å²) in [6, 6.07) is 6.11. The molecule has 0 spiro atoms. The molecule has 1 aromatic carbocycles. The van der Waals surface area contributed by atoms with Crippen LogP contribution in [0.3, 0.4) is 0 Å². The molecule has 110 valence electrons. The van der Waals surface area contributed by atoms with Crippen LogP contribution in [0.1, 0.15) is 5.56 Å². The molecule has 0 bridgehead atoms. The van der Waals surface area contributed by atoms with Crippen molar-refractivity contribution in [3.8, 4) is 16.6 Å². The van der Waals surface area contributed by atoms with Crippen LogP contribution in [0.2, 0.25) is 0 Å². The SMILES string of the molecule is N#Cc1cccc(F)c1-c1nc2c(F)cncc2s1.O=N[O-].[Na+]. The third-order valence-electron chi connectivity index (χ3n) is 2.61. The van der Waals surface area contributed by atoms with E-state index in [1.54, 1.807) is 0 Å². The summed E-state index contributed by atoms with van der Waals surface area (Å²) in [5.74, 6) is -1.11. The summed E-state index contributed by atoms with van der Waals surface area (Å²) < 4.78 is 27.9. The fourth-order valence-electron chi connectivity index (χ4n) is 1.76. The molecule has 0 radical (unpaired) electrons. The number of nitrogens with zero attached hydrogens (tertiary/aromatic N) is 4. The fraction of sp³-hybridized carbons (Fsp3) is 0. The number of thiazole rings is 1. The molecule has 0 amide bonds. The number of rotatable bonds is 1. The largest absolute Gasteiger partial charge is 1.00 e. The Morgan fingerprint density at radius 1 is 1.26 bits per heavy atom. The van der Waals surface area contributed by atoms with E-state index in [1.807, 2.05) is 6.07 Å². The van der Waals surface area contributed by atoms with Crippen molar-refractivity contribution in [2.75, 3.05) is 0 Å². The predicted molar refractivity (Wildman–Crippen MR) is 76.6 cm³/mol. The number of aromatic nitrogens is 2. The molecule has 0 aliphatic carbocycles. The van der Waals surface area contributed by atoms with Gasteiger partial charge in [0.1, 0.15) is 16.3 Å². The van der Waals surface area contributed by atoms with Crippen molar-refractivity contribution >= 4 is 21.6 Å². The van der Waals surface area contributed by atoms with E-state index in [0.717, 1.165) is 22.9 Å². The van der Waals surface area contributed by atoms with Crippen molar-refractivity contribution in [3.63, 3.8) is 0 Å². The van der Waals surface area contributed by atoms with Gasteiger partial charge in [0, 0.05) is 6.20 Å². The number of hydrogen-bond acceptors (Lipinski definition) is 7. The normalized spacial score (nSPS) is 9.26. The van der Waals surface area contributed by atoms with Crippen LogP contribution in [0, 0.1) is 33.1 Å². The molecular weight excluding hydrogens is 337 g/mol. The molecule has 2 aromatic heterocycles. The van der Waals surface area contributed by atoms with Gasteiger partial charge in [-0.2, -0.15) is 5.26 Å². The van der Waals surface area contributed by atoms with Gasteiger partial charge >= 0.3 is 29.6 Å². The first-order chi connectivity index (χ1) is 10.6. The van der Waals surface area contributed by atoms with Gasteiger partial charge in [0.25, 0.3) is 0 Å². The van der Waals surface area contributed by atoms with Gasteiger partial charge in [-0.25, -0.2) is 13.8 Å². The van der Waals surface area contributed by atoms with E-state index >= 15 is 0 Å². The molecule has 0 unspecified atom stereocenters. The van der Waals surface area contributed by atoms with E-state index in [0.29, 0.717) is 4.70 Å². The molecule has 0 saturated carbocycles. The first-order valence-electron chi connectivity index (χ1n) is 5.66. The van der Waals surface area contributed by atoms with Gasteiger partial charge in [-0.15, -0.1) is 16.7 Å². The third kappa shape index (κ3) is 4.05. The van der Waals surface area contributed by atoms with E-state index in [9.17, 15) is 8.78 Å². The molecule has 0 N–H and O–H groups in total. The Bertz CT molecular complexity index is 882. The summed E-state index contributed by atoms with van der Waals surface area (Å²) in [5.41, 5.74) is 0.417. The molecule has 2 heterocycles. The quantitative estimate of drug-likeness (QED) is 0.369. The topological polar surface area (TPSA) is 102 Å². The van der Waals surface area contributed by atoms with E-state index in [2.05, 4.69) is 9.97 Å². The molecule has 0 saturated heterocycles. The number of pyridine rings is 1. The van der Waals surface area contributed by atoms with Crippen LogP contribution in [0.4, 0.5) is 8.78 Å². The van der Waals surface area contributed by atoms with Gasteiger partial charge in [0.15, 0.2) is 5.82 Å². The maximum absolute atomic E-state index is 13.9. The molecule has 10 heteroatoms. The summed E-state index contributed by atoms with van der Waals surface area (Å²) in [7, 11) is 0. The molecule has 23 heavy (non-hydrogen) atoms. The van der Waals surface area contributed by atoms with E-state index in [4.69, 9.17) is 15.4 Å². The van der Waals surface area contributed by atoms with Gasteiger partial charge < -0.3 is 10.1 Å². The zero-order chi connectivity index (χ0) is 16.1. The Morgan fingerprint density at radius 3 is 2.57 bits per heavy atom. The number of halogens is 2. The van der Waals surface area contributed by atoms with Gasteiger partial charge in [-0.05, 0) is 12.1 Å². The fourth-order valence-corrected chi connectivity index (χ4v) is 2.77. The summed E-state index contributed by atoms with van der Waals surface area (Å²) >= 11 is 1.10. The summed E-state index contributed by atoms with van der Waals surface area (Å²) in [6.07, 6.45) is 2.52. The van der Waals surface area contributed by atoms with Crippen molar-refractivity contribution in [2.45, 2.75) is 0 Å². The van der Waals surface area contributed by atoms with E-state index in [1.165, 1.54) is 24.4 Å². The van der Waals surface area contributed by atoms with Crippen LogP contribution >= 0.6 is 11.3 Å². The minimum Gasteiger partial charge on any atom is -0.444 e. The Hall–Kier alpha value is -1.99. The van der Waals surface area contributed by atoms with Crippen LogP contribution in [0.25, 0.3) is 20.8 Å². The molecule has 3 aromatic rings. The van der Waals surface area contributed by atoms with Crippen LogP contribution in [0.15, 0.2) is 35.9 Å². The van der Waals surface area contributed by atoms with Gasteiger partial charge in [-0.1, -0.05) is 6.07 Å². The first kappa shape index (κ1) is 19.1.